The molecule has 0 atom stereocenters. The third-order valence-electron chi connectivity index (χ3n) is 4.70. The molecule has 3 aromatic carbocycles. The monoisotopic (exact) mass is 459 g/mol. The van der Waals surface area contributed by atoms with Gasteiger partial charge in [-0.1, -0.05) is 60.7 Å². The van der Waals surface area contributed by atoms with Crippen molar-refractivity contribution < 1.29 is 14.3 Å². The summed E-state index contributed by atoms with van der Waals surface area (Å²) in [5.74, 6) is 0.837. The molecule has 0 aliphatic heterocycles. The van der Waals surface area contributed by atoms with E-state index in [1.54, 1.807) is 24.3 Å². The maximum absolute atomic E-state index is 13.0. The summed E-state index contributed by atoms with van der Waals surface area (Å²) >= 11 is 5.49. The highest BCUT2D eigenvalue weighted by Gasteiger charge is 2.17. The number of hydrogen-bond acceptors (Lipinski definition) is 5. The number of nitrogens with zero attached hydrogens (tertiary/aromatic N) is 2. The third kappa shape index (κ3) is 7.63. The van der Waals surface area contributed by atoms with E-state index in [2.05, 4.69) is 11.4 Å². The lowest BCUT2D eigenvalue weighted by Crippen LogP contribution is -2.42. The summed E-state index contributed by atoms with van der Waals surface area (Å²) in [6.07, 6.45) is 0.296. The summed E-state index contributed by atoms with van der Waals surface area (Å²) in [5, 5.41) is 12.0. The van der Waals surface area contributed by atoms with E-state index in [1.165, 1.54) is 0 Å². The van der Waals surface area contributed by atoms with Crippen LogP contribution in [0.25, 0.3) is 0 Å². The van der Waals surface area contributed by atoms with Crippen molar-refractivity contribution in [3.8, 4) is 17.6 Å². The number of carbonyl (C=O) groups is 1. The number of amides is 1. The molecule has 0 radical (unpaired) electrons. The van der Waals surface area contributed by atoms with Crippen LogP contribution in [0.4, 0.5) is 0 Å². The topological polar surface area (TPSA) is 74.6 Å². The Morgan fingerprint density at radius 3 is 2.27 bits per heavy atom. The van der Waals surface area contributed by atoms with Gasteiger partial charge in [0.25, 0.3) is 5.91 Å². The second-order valence-corrected chi connectivity index (χ2v) is 7.47. The van der Waals surface area contributed by atoms with Crippen LogP contribution in [-0.2, 0) is 6.54 Å². The van der Waals surface area contributed by atoms with Gasteiger partial charge in [0.1, 0.15) is 24.7 Å². The highest BCUT2D eigenvalue weighted by Crippen LogP contribution is 2.18. The number of rotatable bonds is 10. The minimum Gasteiger partial charge on any atom is -0.490 e. The van der Waals surface area contributed by atoms with E-state index in [0.717, 1.165) is 11.3 Å². The van der Waals surface area contributed by atoms with E-state index in [0.29, 0.717) is 37.4 Å². The highest BCUT2D eigenvalue weighted by atomic mass is 32.1. The van der Waals surface area contributed by atoms with Gasteiger partial charge in [-0.05, 0) is 42.0 Å². The van der Waals surface area contributed by atoms with Crippen molar-refractivity contribution in [1.29, 1.82) is 5.26 Å². The van der Waals surface area contributed by atoms with Gasteiger partial charge in [-0.15, -0.1) is 0 Å². The molecule has 3 aromatic rings. The zero-order valence-corrected chi connectivity index (χ0v) is 19.0. The molecule has 3 rings (SSSR count). The minimum absolute atomic E-state index is 0.265. The summed E-state index contributed by atoms with van der Waals surface area (Å²) in [4.78, 5) is 14.8. The maximum atomic E-state index is 13.0. The van der Waals surface area contributed by atoms with Gasteiger partial charge in [-0.2, -0.15) is 5.26 Å². The minimum atomic E-state index is -0.366. The number of thiocarbonyl (C=S) groups is 1. The first-order chi connectivity index (χ1) is 16.2. The Labute approximate surface area is 199 Å². The number of nitriles is 1. The number of nitrogens with one attached hydrogen (secondary N) is 1. The van der Waals surface area contributed by atoms with E-state index in [4.69, 9.17) is 27.0 Å². The second kappa shape index (κ2) is 12.8. The Hall–Kier alpha value is -3.89. The van der Waals surface area contributed by atoms with Crippen molar-refractivity contribution in [2.75, 3.05) is 19.8 Å². The first-order valence-corrected chi connectivity index (χ1v) is 11.0. The summed E-state index contributed by atoms with van der Waals surface area (Å²) in [6, 6.07) is 28.3. The van der Waals surface area contributed by atoms with Crippen LogP contribution in [0, 0.1) is 11.3 Å². The van der Waals surface area contributed by atoms with Gasteiger partial charge < -0.3 is 14.4 Å². The molecule has 0 spiro atoms. The molecule has 0 saturated heterocycles. The Morgan fingerprint density at radius 1 is 0.909 bits per heavy atom. The average Bonchev–Trinajstić information content (AvgIpc) is 2.86. The molecule has 0 aromatic heterocycles. The van der Waals surface area contributed by atoms with Crippen molar-refractivity contribution in [3.63, 3.8) is 0 Å². The Balaban J connectivity index is 1.59. The van der Waals surface area contributed by atoms with Crippen LogP contribution < -0.4 is 14.8 Å². The highest BCUT2D eigenvalue weighted by molar-refractivity contribution is 7.80. The van der Waals surface area contributed by atoms with Crippen LogP contribution in [0.15, 0.2) is 84.9 Å². The third-order valence-corrected chi connectivity index (χ3v) is 5.06. The number of para-hydroxylation sites is 2. The van der Waals surface area contributed by atoms with E-state index in [1.807, 2.05) is 65.6 Å². The van der Waals surface area contributed by atoms with Gasteiger partial charge in [0.2, 0.25) is 0 Å². The molecule has 0 fully saturated rings. The smallest absolute Gasteiger partial charge is 0.261 e. The van der Waals surface area contributed by atoms with E-state index >= 15 is 0 Å². The van der Waals surface area contributed by atoms with Crippen LogP contribution >= 0.6 is 12.2 Å². The van der Waals surface area contributed by atoms with E-state index in [-0.39, 0.29) is 17.6 Å². The average molecular weight is 460 g/mol. The first-order valence-electron chi connectivity index (χ1n) is 10.6. The number of carbonyl (C=O) groups excluding carboxylic acids is 1. The molecule has 1 amide bonds. The molecular formula is C26H25N3O3S. The summed E-state index contributed by atoms with van der Waals surface area (Å²) < 4.78 is 11.4. The summed E-state index contributed by atoms with van der Waals surface area (Å²) in [7, 11) is 0. The van der Waals surface area contributed by atoms with Crippen molar-refractivity contribution in [3.05, 3.63) is 96.1 Å². The zero-order valence-electron chi connectivity index (χ0n) is 18.1. The first kappa shape index (κ1) is 23.8. The van der Waals surface area contributed by atoms with Gasteiger partial charge in [0.05, 0.1) is 18.1 Å². The molecule has 0 aliphatic carbocycles. The van der Waals surface area contributed by atoms with E-state index in [9.17, 15) is 4.79 Å². The molecule has 6 nitrogen and oxygen atoms in total. The molecule has 33 heavy (non-hydrogen) atoms. The number of ether oxygens (including phenoxy) is 2. The molecule has 168 valence electrons. The van der Waals surface area contributed by atoms with Crippen LogP contribution in [0.2, 0.25) is 0 Å². The van der Waals surface area contributed by atoms with Crippen LogP contribution in [0.3, 0.4) is 0 Å². The fraction of sp³-hybridized carbons (Fsp3) is 0.192. The van der Waals surface area contributed by atoms with Crippen molar-refractivity contribution >= 4 is 23.2 Å². The molecule has 0 aliphatic rings. The lowest BCUT2D eigenvalue weighted by atomic mass is 10.2. The molecule has 7 heteroatoms. The van der Waals surface area contributed by atoms with Crippen molar-refractivity contribution in [1.82, 2.24) is 10.2 Å². The maximum Gasteiger partial charge on any atom is 0.261 e. The lowest BCUT2D eigenvalue weighted by molar-refractivity contribution is 0.0967. The molecular weight excluding hydrogens is 434 g/mol. The fourth-order valence-electron chi connectivity index (χ4n) is 3.09. The SMILES string of the molecule is N#CCCN(Cc1ccccc1)C(=S)NC(=O)c1ccccc1OCCOc1ccccc1. The molecule has 0 unspecified atom stereocenters. The van der Waals surface area contributed by atoms with Crippen LogP contribution in [0.1, 0.15) is 22.3 Å². The van der Waals surface area contributed by atoms with Crippen LogP contribution in [-0.4, -0.2) is 35.7 Å². The zero-order chi connectivity index (χ0) is 23.3. The second-order valence-electron chi connectivity index (χ2n) is 7.08. The number of benzene rings is 3. The predicted molar refractivity (Wildman–Crippen MR) is 131 cm³/mol. The molecule has 0 heterocycles. The molecule has 1 N–H and O–H groups in total. The fourth-order valence-corrected chi connectivity index (χ4v) is 3.34. The van der Waals surface area contributed by atoms with E-state index < -0.39 is 0 Å². The Bertz CT molecular complexity index is 1080. The quantitative estimate of drug-likeness (QED) is 0.354. The predicted octanol–water partition coefficient (Wildman–Crippen LogP) is 4.57. The van der Waals surface area contributed by atoms with Crippen LogP contribution in [0.5, 0.6) is 11.5 Å². The van der Waals surface area contributed by atoms with Gasteiger partial charge in [-0.25, -0.2) is 0 Å². The van der Waals surface area contributed by atoms with Gasteiger partial charge in [0.15, 0.2) is 5.11 Å². The standard InChI is InChI=1S/C26H25N3O3S/c27-16-9-17-29(20-21-10-3-1-4-11-21)26(33)28-25(30)23-14-7-8-15-24(23)32-19-18-31-22-12-5-2-6-13-22/h1-8,10-15H,9,17-20H2,(H,28,30,33). The summed E-state index contributed by atoms with van der Waals surface area (Å²) in [6.45, 7) is 1.54. The largest absolute Gasteiger partial charge is 0.490 e. The van der Waals surface area contributed by atoms with Gasteiger partial charge in [0, 0.05) is 13.1 Å². The summed E-state index contributed by atoms with van der Waals surface area (Å²) in [5.41, 5.74) is 1.41. The molecule has 0 saturated carbocycles. The van der Waals surface area contributed by atoms with Gasteiger partial charge >= 0.3 is 0 Å². The lowest BCUT2D eigenvalue weighted by Gasteiger charge is -2.25. The molecule has 0 bridgehead atoms. The van der Waals surface area contributed by atoms with Crippen molar-refractivity contribution in [2.45, 2.75) is 13.0 Å². The Morgan fingerprint density at radius 2 is 1.55 bits per heavy atom. The normalized spacial score (nSPS) is 10.0. The van der Waals surface area contributed by atoms with Gasteiger partial charge in [-0.3, -0.25) is 10.1 Å². The van der Waals surface area contributed by atoms with Crippen molar-refractivity contribution in [2.24, 2.45) is 0 Å². The number of hydrogen-bond donors (Lipinski definition) is 1. The Kier molecular flexibility index (Phi) is 9.25.